The van der Waals surface area contributed by atoms with Crippen molar-refractivity contribution in [2.75, 3.05) is 0 Å². The number of carbonyl (C=O) groups excluding carboxylic acids is 1. The number of aryl methyl sites for hydroxylation is 2. The Morgan fingerprint density at radius 1 is 0.800 bits per heavy atom. The zero-order valence-electron chi connectivity index (χ0n) is 14.5. The minimum atomic E-state index is -0.0177. The van der Waals surface area contributed by atoms with Gasteiger partial charge in [0.15, 0.2) is 0 Å². The maximum atomic E-state index is 12.7. The van der Waals surface area contributed by atoms with Crippen molar-refractivity contribution < 1.29 is 4.79 Å². The molecule has 0 radical (unpaired) electrons. The molecule has 1 N–H and O–H groups in total. The highest BCUT2D eigenvalue weighted by atomic mass is 16.1. The van der Waals surface area contributed by atoms with Gasteiger partial charge in [-0.1, -0.05) is 78.9 Å². The number of benzene rings is 3. The van der Waals surface area contributed by atoms with Crippen LogP contribution in [0.5, 0.6) is 0 Å². The Morgan fingerprint density at radius 2 is 1.40 bits per heavy atom. The zero-order chi connectivity index (χ0) is 17.5. The number of carbonyl (C=O) groups is 1. The summed E-state index contributed by atoms with van der Waals surface area (Å²) in [6, 6.07) is 28.3. The Hall–Kier alpha value is -2.87. The van der Waals surface area contributed by atoms with Crippen molar-refractivity contribution in [3.63, 3.8) is 0 Å². The monoisotopic (exact) mass is 329 g/mol. The zero-order valence-corrected chi connectivity index (χ0v) is 14.5. The number of hydrogen-bond acceptors (Lipinski definition) is 1. The molecule has 1 atom stereocenters. The minimum Gasteiger partial charge on any atom is -0.346 e. The summed E-state index contributed by atoms with van der Waals surface area (Å²) in [4.78, 5) is 12.7. The molecule has 1 amide bonds. The summed E-state index contributed by atoms with van der Waals surface area (Å²) in [5.74, 6) is -0.0139. The molecule has 25 heavy (non-hydrogen) atoms. The first-order valence-electron chi connectivity index (χ1n) is 8.71. The second kappa shape index (κ2) is 8.29. The molecular weight excluding hydrogens is 306 g/mol. The van der Waals surface area contributed by atoms with E-state index < -0.39 is 0 Å². The molecule has 0 unspecified atom stereocenters. The molecule has 0 aromatic heterocycles. The quantitative estimate of drug-likeness (QED) is 0.680. The maximum absolute atomic E-state index is 12.7. The van der Waals surface area contributed by atoms with E-state index in [1.165, 1.54) is 5.56 Å². The average molecular weight is 329 g/mol. The lowest BCUT2D eigenvalue weighted by molar-refractivity contribution is 0.0939. The van der Waals surface area contributed by atoms with Gasteiger partial charge in [0.25, 0.3) is 5.91 Å². The van der Waals surface area contributed by atoms with Crippen LogP contribution in [0.4, 0.5) is 0 Å². The van der Waals surface area contributed by atoms with Crippen LogP contribution in [0.2, 0.25) is 0 Å². The molecule has 2 heteroatoms. The molecule has 3 rings (SSSR count). The number of hydrogen-bond donors (Lipinski definition) is 1. The van der Waals surface area contributed by atoms with Crippen molar-refractivity contribution in [2.24, 2.45) is 0 Å². The Kier molecular flexibility index (Phi) is 5.63. The van der Waals surface area contributed by atoms with Crippen LogP contribution in [0.25, 0.3) is 0 Å². The fourth-order valence-corrected chi connectivity index (χ4v) is 2.98. The molecule has 0 aliphatic carbocycles. The Balaban J connectivity index is 1.70. The summed E-state index contributed by atoms with van der Waals surface area (Å²) in [5, 5.41) is 3.11. The van der Waals surface area contributed by atoms with Gasteiger partial charge in [-0.25, -0.2) is 0 Å². The van der Waals surface area contributed by atoms with E-state index in [1.54, 1.807) is 0 Å². The fourth-order valence-electron chi connectivity index (χ4n) is 2.98. The lowest BCUT2D eigenvalue weighted by Crippen LogP contribution is -2.27. The van der Waals surface area contributed by atoms with E-state index in [9.17, 15) is 4.79 Å². The molecule has 0 fully saturated rings. The molecule has 0 heterocycles. The molecule has 3 aromatic carbocycles. The summed E-state index contributed by atoms with van der Waals surface area (Å²) in [7, 11) is 0. The fraction of sp³-hybridized carbons (Fsp3) is 0.174. The van der Waals surface area contributed by atoms with Gasteiger partial charge >= 0.3 is 0 Å². The van der Waals surface area contributed by atoms with Gasteiger partial charge in [0.1, 0.15) is 0 Å². The topological polar surface area (TPSA) is 29.1 Å². The van der Waals surface area contributed by atoms with Gasteiger partial charge in [-0.3, -0.25) is 4.79 Å². The summed E-state index contributed by atoms with van der Waals surface area (Å²) >= 11 is 0. The first-order chi connectivity index (χ1) is 12.2. The Morgan fingerprint density at radius 3 is 2.12 bits per heavy atom. The van der Waals surface area contributed by atoms with Gasteiger partial charge in [-0.15, -0.1) is 0 Å². The second-order valence-electron chi connectivity index (χ2n) is 6.25. The predicted octanol–water partition coefficient (Wildman–Crippen LogP) is 4.96. The number of amides is 1. The molecule has 0 spiro atoms. The van der Waals surface area contributed by atoms with Gasteiger partial charge in [0.2, 0.25) is 0 Å². The van der Waals surface area contributed by atoms with Crippen LogP contribution >= 0.6 is 0 Å². The van der Waals surface area contributed by atoms with Crippen molar-refractivity contribution in [2.45, 2.75) is 25.8 Å². The highest BCUT2D eigenvalue weighted by Crippen LogP contribution is 2.16. The van der Waals surface area contributed by atoms with E-state index in [-0.39, 0.29) is 11.9 Å². The molecule has 0 aliphatic rings. The van der Waals surface area contributed by atoms with Gasteiger partial charge in [0, 0.05) is 5.56 Å². The van der Waals surface area contributed by atoms with Crippen molar-refractivity contribution in [1.82, 2.24) is 5.32 Å². The molecule has 3 aromatic rings. The average Bonchev–Trinajstić information content (AvgIpc) is 2.68. The summed E-state index contributed by atoms with van der Waals surface area (Å²) < 4.78 is 0. The summed E-state index contributed by atoms with van der Waals surface area (Å²) in [5.41, 5.74) is 4.25. The molecule has 2 nitrogen and oxygen atoms in total. The smallest absolute Gasteiger partial charge is 0.252 e. The minimum absolute atomic E-state index is 0.0139. The SMILES string of the molecule is C[C@H](NC(=O)c1ccccc1CCc1ccccc1)c1ccccc1. The molecule has 0 saturated carbocycles. The van der Waals surface area contributed by atoms with Crippen LogP contribution in [0.15, 0.2) is 84.9 Å². The highest BCUT2D eigenvalue weighted by molar-refractivity contribution is 5.95. The third-order valence-corrected chi connectivity index (χ3v) is 4.44. The molecule has 126 valence electrons. The van der Waals surface area contributed by atoms with Crippen LogP contribution in [0.3, 0.4) is 0 Å². The van der Waals surface area contributed by atoms with E-state index in [1.807, 2.05) is 67.6 Å². The summed E-state index contributed by atoms with van der Waals surface area (Å²) in [6.45, 7) is 2.01. The van der Waals surface area contributed by atoms with Crippen LogP contribution in [0, 0.1) is 0 Å². The third kappa shape index (κ3) is 4.57. The molecule has 0 bridgehead atoms. The van der Waals surface area contributed by atoms with E-state index in [4.69, 9.17) is 0 Å². The van der Waals surface area contributed by atoms with Crippen LogP contribution < -0.4 is 5.32 Å². The van der Waals surface area contributed by atoms with Crippen molar-refractivity contribution >= 4 is 5.91 Å². The lowest BCUT2D eigenvalue weighted by Gasteiger charge is -2.16. The summed E-state index contributed by atoms with van der Waals surface area (Å²) in [6.07, 6.45) is 1.78. The highest BCUT2D eigenvalue weighted by Gasteiger charge is 2.14. The molecule has 0 aliphatic heterocycles. The van der Waals surface area contributed by atoms with E-state index >= 15 is 0 Å². The van der Waals surface area contributed by atoms with Gasteiger partial charge in [-0.05, 0) is 42.5 Å². The van der Waals surface area contributed by atoms with Crippen molar-refractivity contribution in [3.8, 4) is 0 Å². The number of nitrogens with one attached hydrogen (secondary N) is 1. The van der Waals surface area contributed by atoms with Crippen molar-refractivity contribution in [1.29, 1.82) is 0 Å². The predicted molar refractivity (Wildman–Crippen MR) is 103 cm³/mol. The maximum Gasteiger partial charge on any atom is 0.252 e. The third-order valence-electron chi connectivity index (χ3n) is 4.44. The first kappa shape index (κ1) is 17.0. The van der Waals surface area contributed by atoms with Gasteiger partial charge in [-0.2, -0.15) is 0 Å². The van der Waals surface area contributed by atoms with Crippen molar-refractivity contribution in [3.05, 3.63) is 107 Å². The number of rotatable bonds is 6. The van der Waals surface area contributed by atoms with Crippen LogP contribution in [-0.4, -0.2) is 5.91 Å². The first-order valence-corrected chi connectivity index (χ1v) is 8.71. The van der Waals surface area contributed by atoms with E-state index in [0.29, 0.717) is 0 Å². The Labute approximate surface area is 149 Å². The molecular formula is C23H23NO. The normalized spacial score (nSPS) is 11.7. The van der Waals surface area contributed by atoms with Crippen LogP contribution in [0.1, 0.15) is 40.0 Å². The molecule has 0 saturated heterocycles. The van der Waals surface area contributed by atoms with Crippen LogP contribution in [-0.2, 0) is 12.8 Å². The van der Waals surface area contributed by atoms with Gasteiger partial charge < -0.3 is 5.32 Å². The second-order valence-corrected chi connectivity index (χ2v) is 6.25. The largest absolute Gasteiger partial charge is 0.346 e. The van der Waals surface area contributed by atoms with Gasteiger partial charge in [0.05, 0.1) is 6.04 Å². The lowest BCUT2D eigenvalue weighted by atomic mass is 9.99. The Bertz CT molecular complexity index is 812. The standard InChI is InChI=1S/C23H23NO/c1-18(20-12-6-3-7-13-20)24-23(25)22-15-9-8-14-21(22)17-16-19-10-4-2-5-11-19/h2-15,18H,16-17H2,1H3,(H,24,25)/t18-/m0/s1. The van der Waals surface area contributed by atoms with E-state index in [2.05, 4.69) is 29.6 Å². The van der Waals surface area contributed by atoms with E-state index in [0.717, 1.165) is 29.5 Å².